The van der Waals surface area contributed by atoms with Gasteiger partial charge in [0.1, 0.15) is 0 Å². The zero-order valence-electron chi connectivity index (χ0n) is 24.2. The molecule has 3 aromatic heterocycles. The van der Waals surface area contributed by atoms with E-state index in [4.69, 9.17) is 20.1 Å². The summed E-state index contributed by atoms with van der Waals surface area (Å²) in [6.07, 6.45) is 2.08. The Labute approximate surface area is 259 Å². The Bertz CT molecular complexity index is 2410. The van der Waals surface area contributed by atoms with Crippen molar-refractivity contribution in [1.29, 1.82) is 0 Å². The predicted octanol–water partition coefficient (Wildman–Crippen LogP) is 9.65. The van der Waals surface area contributed by atoms with Crippen LogP contribution in [0.4, 0.5) is 0 Å². The van der Waals surface area contributed by atoms with Gasteiger partial charge in [-0.15, -0.1) is 0 Å². The highest BCUT2D eigenvalue weighted by atomic mass is 15.2. The van der Waals surface area contributed by atoms with Crippen LogP contribution in [0.15, 0.2) is 152 Å². The van der Waals surface area contributed by atoms with Gasteiger partial charge in [0.05, 0.1) is 11.2 Å². The summed E-state index contributed by atoms with van der Waals surface area (Å²) >= 11 is 0. The van der Waals surface area contributed by atoms with Gasteiger partial charge in [0.25, 0.3) is 0 Å². The highest BCUT2D eigenvalue weighted by Gasteiger charge is 2.15. The van der Waals surface area contributed by atoms with Crippen molar-refractivity contribution in [3.8, 4) is 45.4 Å². The molecule has 0 spiro atoms. The maximum absolute atomic E-state index is 5.04. The molecule has 3 heterocycles. The summed E-state index contributed by atoms with van der Waals surface area (Å²) in [5.41, 5.74) is 5.74. The van der Waals surface area contributed by atoms with Crippen LogP contribution >= 0.6 is 0 Å². The first kappa shape index (κ1) is 25.3. The smallest absolute Gasteiger partial charge is 0.164 e. The number of fused-ring (bicyclic) bond motifs is 4. The van der Waals surface area contributed by atoms with Crippen molar-refractivity contribution in [1.82, 2.24) is 24.6 Å². The Hall–Kier alpha value is -6.20. The molecule has 9 rings (SSSR count). The van der Waals surface area contributed by atoms with Gasteiger partial charge < -0.3 is 0 Å². The van der Waals surface area contributed by atoms with Gasteiger partial charge in [-0.25, -0.2) is 19.5 Å². The van der Waals surface area contributed by atoms with Gasteiger partial charge >= 0.3 is 0 Å². The van der Waals surface area contributed by atoms with Gasteiger partial charge in [0, 0.05) is 33.8 Å². The van der Waals surface area contributed by atoms with Gasteiger partial charge in [0.15, 0.2) is 17.5 Å². The first-order chi connectivity index (χ1) is 22.2. The minimum absolute atomic E-state index is 0.618. The maximum atomic E-state index is 5.04. The average molecular weight is 576 g/mol. The largest absolute Gasteiger partial charge is 0.240 e. The topological polar surface area (TPSA) is 56.0 Å². The minimum atomic E-state index is 0.618. The molecule has 0 unspecified atom stereocenters. The molecule has 0 amide bonds. The molecule has 5 nitrogen and oxygen atoms in total. The predicted molar refractivity (Wildman–Crippen MR) is 183 cm³/mol. The fourth-order valence-corrected chi connectivity index (χ4v) is 6.05. The zero-order valence-corrected chi connectivity index (χ0v) is 24.2. The van der Waals surface area contributed by atoms with Gasteiger partial charge in [-0.05, 0) is 57.3 Å². The number of hydrogen-bond donors (Lipinski definition) is 0. The van der Waals surface area contributed by atoms with Crippen LogP contribution < -0.4 is 0 Å². The Balaban J connectivity index is 1.19. The van der Waals surface area contributed by atoms with Gasteiger partial charge in [0.2, 0.25) is 0 Å². The molecule has 210 valence electrons. The minimum Gasteiger partial charge on any atom is -0.240 e. The van der Waals surface area contributed by atoms with Crippen LogP contribution in [0.3, 0.4) is 0 Å². The second-order valence-corrected chi connectivity index (χ2v) is 11.3. The van der Waals surface area contributed by atoms with E-state index in [1.54, 1.807) is 0 Å². The third-order valence-corrected chi connectivity index (χ3v) is 8.39. The molecule has 5 heteroatoms. The summed E-state index contributed by atoms with van der Waals surface area (Å²) in [6.45, 7) is 0. The van der Waals surface area contributed by atoms with E-state index in [0.29, 0.717) is 17.5 Å². The molecule has 6 aromatic carbocycles. The lowest BCUT2D eigenvalue weighted by Gasteiger charge is -2.10. The number of hydrogen-bond acceptors (Lipinski definition) is 4. The number of benzene rings is 6. The van der Waals surface area contributed by atoms with Gasteiger partial charge in [-0.3, -0.25) is 0 Å². The molecule has 0 saturated heterocycles. The summed E-state index contributed by atoms with van der Waals surface area (Å²) in [5, 5.41) is 11.9. The summed E-state index contributed by atoms with van der Waals surface area (Å²) in [6, 6.07) is 50.3. The van der Waals surface area contributed by atoms with Crippen LogP contribution in [0.2, 0.25) is 0 Å². The van der Waals surface area contributed by atoms with Gasteiger partial charge in [-0.1, -0.05) is 115 Å². The summed E-state index contributed by atoms with van der Waals surface area (Å²) in [5.74, 6) is 1.89. The number of nitrogens with zero attached hydrogens (tertiary/aromatic N) is 5. The first-order valence-corrected chi connectivity index (χ1v) is 15.0. The maximum Gasteiger partial charge on any atom is 0.164 e. The van der Waals surface area contributed by atoms with Crippen molar-refractivity contribution in [3.05, 3.63) is 152 Å². The third kappa shape index (κ3) is 4.58. The summed E-state index contributed by atoms with van der Waals surface area (Å²) in [7, 11) is 0. The molecule has 0 aliphatic carbocycles. The number of pyridine rings is 1. The van der Waals surface area contributed by atoms with E-state index < -0.39 is 0 Å². The fraction of sp³-hybridized carbons (Fsp3) is 0. The monoisotopic (exact) mass is 575 g/mol. The van der Waals surface area contributed by atoms with E-state index in [1.165, 1.54) is 16.2 Å². The van der Waals surface area contributed by atoms with Crippen LogP contribution in [0, 0.1) is 0 Å². The van der Waals surface area contributed by atoms with E-state index in [-0.39, 0.29) is 0 Å². The van der Waals surface area contributed by atoms with E-state index in [9.17, 15) is 0 Å². The van der Waals surface area contributed by atoms with E-state index in [1.807, 2.05) is 10.6 Å². The van der Waals surface area contributed by atoms with Crippen LogP contribution in [0.1, 0.15) is 0 Å². The highest BCUT2D eigenvalue weighted by Crippen LogP contribution is 2.31. The van der Waals surface area contributed by atoms with E-state index in [0.717, 1.165) is 49.6 Å². The van der Waals surface area contributed by atoms with E-state index in [2.05, 4.69) is 146 Å². The molecule has 0 N–H and O–H groups in total. The Morgan fingerprint density at radius 1 is 0.356 bits per heavy atom. The molecule has 0 fully saturated rings. The SMILES string of the molecule is c1cc(-c2cc3cc4ccccc4cn3n2)cc(-c2nc(-c3ccc4ccccc4c3)nc(-c3ccc4ccccc4c3)n2)c1. The molecular formula is C40H25N5. The second-order valence-electron chi connectivity index (χ2n) is 11.3. The third-order valence-electron chi connectivity index (χ3n) is 8.39. The molecule has 0 saturated carbocycles. The van der Waals surface area contributed by atoms with E-state index >= 15 is 0 Å². The summed E-state index contributed by atoms with van der Waals surface area (Å²) < 4.78 is 1.95. The van der Waals surface area contributed by atoms with Crippen LogP contribution in [0.25, 0.3) is 83.3 Å². The average Bonchev–Trinajstić information content (AvgIpc) is 3.53. The molecule has 0 atom stereocenters. The number of aromatic nitrogens is 5. The normalized spacial score (nSPS) is 11.6. The van der Waals surface area contributed by atoms with Crippen LogP contribution in [0.5, 0.6) is 0 Å². The molecule has 0 aliphatic rings. The first-order valence-electron chi connectivity index (χ1n) is 15.0. The fourth-order valence-electron chi connectivity index (χ4n) is 6.05. The zero-order chi connectivity index (χ0) is 29.7. The lowest BCUT2D eigenvalue weighted by Crippen LogP contribution is -2.00. The number of rotatable bonds is 4. The molecule has 0 bridgehead atoms. The Morgan fingerprint density at radius 2 is 0.844 bits per heavy atom. The van der Waals surface area contributed by atoms with Crippen molar-refractivity contribution >= 4 is 37.8 Å². The second kappa shape index (κ2) is 10.2. The van der Waals surface area contributed by atoms with Crippen molar-refractivity contribution in [2.75, 3.05) is 0 Å². The quantitative estimate of drug-likeness (QED) is 0.210. The molecule has 0 aliphatic heterocycles. The van der Waals surface area contributed by atoms with Crippen molar-refractivity contribution in [2.45, 2.75) is 0 Å². The Morgan fingerprint density at radius 3 is 1.44 bits per heavy atom. The lowest BCUT2D eigenvalue weighted by atomic mass is 10.0. The van der Waals surface area contributed by atoms with Crippen molar-refractivity contribution in [3.63, 3.8) is 0 Å². The molecule has 9 aromatic rings. The Kier molecular flexibility index (Phi) is 5.74. The molecule has 0 radical (unpaired) electrons. The standard InChI is InChI=1S/C40H25N5/c1-3-10-28-20-33(18-16-26(28)8-1)39-41-38(42-40(43-39)34-19-17-27-9-2-4-11-29(27)21-34)32-15-7-14-31(22-32)37-24-36-23-30-12-5-6-13-35(30)25-45(36)44-37/h1-25H. The lowest BCUT2D eigenvalue weighted by molar-refractivity contribution is 0.974. The highest BCUT2D eigenvalue weighted by molar-refractivity contribution is 5.89. The van der Waals surface area contributed by atoms with Gasteiger partial charge in [-0.2, -0.15) is 5.10 Å². The van der Waals surface area contributed by atoms with Crippen LogP contribution in [-0.2, 0) is 0 Å². The van der Waals surface area contributed by atoms with Crippen molar-refractivity contribution < 1.29 is 0 Å². The molecule has 45 heavy (non-hydrogen) atoms. The van der Waals surface area contributed by atoms with Crippen molar-refractivity contribution in [2.24, 2.45) is 0 Å². The molecular weight excluding hydrogens is 550 g/mol. The van der Waals surface area contributed by atoms with Crippen LogP contribution in [-0.4, -0.2) is 24.6 Å². The summed E-state index contributed by atoms with van der Waals surface area (Å²) in [4.78, 5) is 15.1.